The van der Waals surface area contributed by atoms with Crippen LogP contribution in [0.5, 0.6) is 0 Å². The van der Waals surface area contributed by atoms with Gasteiger partial charge in [0.1, 0.15) is 5.82 Å². The lowest BCUT2D eigenvalue weighted by Gasteiger charge is -2.24. The number of carboxylic acid groups (broad SMARTS) is 1. The molecule has 0 unspecified atom stereocenters. The summed E-state index contributed by atoms with van der Waals surface area (Å²) in [5.41, 5.74) is 3.87. The highest BCUT2D eigenvalue weighted by molar-refractivity contribution is 5.92. The third-order valence-corrected chi connectivity index (χ3v) is 6.37. The molecule has 3 N–H and O–H groups in total. The highest BCUT2D eigenvalue weighted by Gasteiger charge is 2.30. The van der Waals surface area contributed by atoms with Gasteiger partial charge in [-0.1, -0.05) is 36.4 Å². The first-order chi connectivity index (χ1) is 17.3. The lowest BCUT2D eigenvalue weighted by atomic mass is 10.0. The van der Waals surface area contributed by atoms with E-state index in [0.717, 1.165) is 24.0 Å². The maximum Gasteiger partial charge on any atom is 0.335 e. The van der Waals surface area contributed by atoms with Gasteiger partial charge in [0, 0.05) is 31.2 Å². The third-order valence-electron chi connectivity index (χ3n) is 6.37. The van der Waals surface area contributed by atoms with E-state index in [1.165, 1.54) is 6.07 Å². The third kappa shape index (κ3) is 6.07. The lowest BCUT2D eigenvalue weighted by molar-refractivity contribution is -0.117. The summed E-state index contributed by atoms with van der Waals surface area (Å²) in [6.45, 7) is 2.48. The van der Waals surface area contributed by atoms with E-state index in [4.69, 9.17) is 5.11 Å². The zero-order chi connectivity index (χ0) is 25.7. The minimum absolute atomic E-state index is 0.182. The van der Waals surface area contributed by atoms with Crippen LogP contribution < -0.4 is 10.6 Å². The summed E-state index contributed by atoms with van der Waals surface area (Å²) in [5.74, 6) is -1.46. The maximum atomic E-state index is 13.8. The van der Waals surface area contributed by atoms with Crippen molar-refractivity contribution in [2.24, 2.45) is 0 Å². The Morgan fingerprint density at radius 1 is 1.00 bits per heavy atom. The molecule has 3 aromatic carbocycles. The molecule has 1 heterocycles. The van der Waals surface area contributed by atoms with E-state index in [2.05, 4.69) is 10.6 Å². The molecule has 0 aliphatic carbocycles. The van der Waals surface area contributed by atoms with Crippen LogP contribution in [0.2, 0.25) is 0 Å². The van der Waals surface area contributed by atoms with Gasteiger partial charge in [-0.05, 0) is 72.4 Å². The molecule has 3 amide bonds. The average Bonchev–Trinajstić information content (AvgIpc) is 3.33. The number of amides is 3. The Morgan fingerprint density at radius 3 is 2.31 bits per heavy atom. The van der Waals surface area contributed by atoms with Crippen molar-refractivity contribution >= 4 is 23.6 Å². The van der Waals surface area contributed by atoms with E-state index in [0.29, 0.717) is 23.4 Å². The fourth-order valence-electron chi connectivity index (χ4n) is 4.32. The molecule has 36 heavy (non-hydrogen) atoms. The predicted molar refractivity (Wildman–Crippen MR) is 135 cm³/mol. The SMILES string of the molecule is Cc1ccc(CNC(=O)N2CCC[C@@H]2CC(=O)Nc2ccc(-c3ccc(C(=O)O)cc3)cc2)cc1F. The fourth-order valence-corrected chi connectivity index (χ4v) is 4.32. The van der Waals surface area contributed by atoms with Crippen molar-refractivity contribution in [3.63, 3.8) is 0 Å². The molecule has 1 aliphatic heterocycles. The van der Waals surface area contributed by atoms with Gasteiger partial charge >= 0.3 is 12.0 Å². The van der Waals surface area contributed by atoms with Crippen LogP contribution in [0.25, 0.3) is 11.1 Å². The van der Waals surface area contributed by atoms with E-state index in [1.807, 2.05) is 12.1 Å². The van der Waals surface area contributed by atoms with Crippen molar-refractivity contribution < 1.29 is 23.9 Å². The van der Waals surface area contributed by atoms with E-state index in [-0.39, 0.29) is 42.3 Å². The van der Waals surface area contributed by atoms with Crippen molar-refractivity contribution in [1.82, 2.24) is 10.2 Å². The van der Waals surface area contributed by atoms with E-state index < -0.39 is 5.97 Å². The standard InChI is InChI=1S/C28H28FN3O4/c1-18-4-5-19(15-25(18)29)17-30-28(36)32-14-2-3-24(32)16-26(33)31-23-12-10-21(11-13-23)20-6-8-22(9-7-20)27(34)35/h4-13,15,24H,2-3,14,16-17H2,1H3,(H,30,36)(H,31,33)(H,34,35)/t24-/m1/s1. The molecule has 0 radical (unpaired) electrons. The summed E-state index contributed by atoms with van der Waals surface area (Å²) >= 11 is 0. The number of anilines is 1. The molecule has 0 bridgehead atoms. The number of rotatable bonds is 7. The molecular formula is C28H28FN3O4. The highest BCUT2D eigenvalue weighted by Crippen LogP contribution is 2.24. The molecule has 8 heteroatoms. The van der Waals surface area contributed by atoms with Crippen LogP contribution in [-0.2, 0) is 11.3 Å². The number of nitrogens with one attached hydrogen (secondary N) is 2. The van der Waals surface area contributed by atoms with Crippen molar-refractivity contribution in [2.75, 3.05) is 11.9 Å². The second kappa shape index (κ2) is 11.0. The molecule has 3 aromatic rings. The van der Waals surface area contributed by atoms with Crippen molar-refractivity contribution in [3.05, 3.63) is 89.2 Å². The number of carbonyl (C=O) groups excluding carboxylic acids is 2. The Hall–Kier alpha value is -4.20. The first kappa shape index (κ1) is 24.9. The number of halogens is 1. The van der Waals surface area contributed by atoms with Crippen molar-refractivity contribution in [3.8, 4) is 11.1 Å². The normalized spacial score (nSPS) is 14.9. The molecule has 0 aromatic heterocycles. The Labute approximate surface area is 208 Å². The summed E-state index contributed by atoms with van der Waals surface area (Å²) in [5, 5.41) is 14.7. The number of benzene rings is 3. The van der Waals surface area contributed by atoms with Crippen LogP contribution in [0.3, 0.4) is 0 Å². The zero-order valence-corrected chi connectivity index (χ0v) is 20.0. The molecule has 1 atom stereocenters. The number of nitrogens with zero attached hydrogens (tertiary/aromatic N) is 1. The van der Waals surface area contributed by atoms with Gasteiger partial charge in [0.15, 0.2) is 0 Å². The second-order valence-corrected chi connectivity index (χ2v) is 8.94. The van der Waals surface area contributed by atoms with Crippen LogP contribution in [0, 0.1) is 12.7 Å². The summed E-state index contributed by atoms with van der Waals surface area (Å²) < 4.78 is 13.8. The fraction of sp³-hybridized carbons (Fsp3) is 0.250. The molecular weight excluding hydrogens is 461 g/mol. The molecule has 0 spiro atoms. The Balaban J connectivity index is 1.30. The summed E-state index contributed by atoms with van der Waals surface area (Å²) in [4.78, 5) is 38.1. The summed E-state index contributed by atoms with van der Waals surface area (Å²) in [7, 11) is 0. The largest absolute Gasteiger partial charge is 0.478 e. The van der Waals surface area contributed by atoms with Gasteiger partial charge in [-0.2, -0.15) is 0 Å². The molecule has 1 fully saturated rings. The van der Waals surface area contributed by atoms with E-state index in [1.54, 1.807) is 60.4 Å². The van der Waals surface area contributed by atoms with Gasteiger partial charge in [-0.15, -0.1) is 0 Å². The molecule has 4 rings (SSSR count). The molecule has 1 aliphatic rings. The van der Waals surface area contributed by atoms with Gasteiger partial charge in [-0.25, -0.2) is 14.0 Å². The number of aryl methyl sites for hydroxylation is 1. The second-order valence-electron chi connectivity index (χ2n) is 8.94. The van der Waals surface area contributed by atoms with Crippen LogP contribution >= 0.6 is 0 Å². The number of carboxylic acids is 1. The van der Waals surface area contributed by atoms with Gasteiger partial charge in [0.05, 0.1) is 5.56 Å². The van der Waals surface area contributed by atoms with Crippen LogP contribution in [0.4, 0.5) is 14.9 Å². The highest BCUT2D eigenvalue weighted by atomic mass is 19.1. The minimum Gasteiger partial charge on any atom is -0.478 e. The number of likely N-dealkylation sites (tertiary alicyclic amines) is 1. The zero-order valence-electron chi connectivity index (χ0n) is 20.0. The summed E-state index contributed by atoms with van der Waals surface area (Å²) in [6, 6.07) is 18.3. The number of carbonyl (C=O) groups is 3. The predicted octanol–water partition coefficient (Wildman–Crippen LogP) is 5.20. The maximum absolute atomic E-state index is 13.8. The van der Waals surface area contributed by atoms with Crippen molar-refractivity contribution in [2.45, 2.75) is 38.8 Å². The summed E-state index contributed by atoms with van der Waals surface area (Å²) in [6.07, 6.45) is 1.75. The van der Waals surface area contributed by atoms with E-state index in [9.17, 15) is 18.8 Å². The molecule has 0 saturated carbocycles. The topological polar surface area (TPSA) is 98.7 Å². The number of urea groups is 1. The number of hydrogen-bond donors (Lipinski definition) is 3. The van der Waals surface area contributed by atoms with Gasteiger partial charge in [0.25, 0.3) is 0 Å². The van der Waals surface area contributed by atoms with Crippen molar-refractivity contribution in [1.29, 1.82) is 0 Å². The minimum atomic E-state index is -0.973. The van der Waals surface area contributed by atoms with Crippen LogP contribution in [0.1, 0.15) is 40.7 Å². The number of hydrogen-bond acceptors (Lipinski definition) is 3. The lowest BCUT2D eigenvalue weighted by Crippen LogP contribution is -2.43. The van der Waals surface area contributed by atoms with Gasteiger partial charge in [-0.3, -0.25) is 4.79 Å². The van der Waals surface area contributed by atoms with E-state index >= 15 is 0 Å². The Bertz CT molecular complexity index is 1260. The molecule has 1 saturated heterocycles. The molecule has 186 valence electrons. The first-order valence-corrected chi connectivity index (χ1v) is 11.8. The first-order valence-electron chi connectivity index (χ1n) is 11.8. The van der Waals surface area contributed by atoms with Crippen LogP contribution in [0.15, 0.2) is 66.7 Å². The Kier molecular flexibility index (Phi) is 7.63. The van der Waals surface area contributed by atoms with Crippen LogP contribution in [-0.4, -0.2) is 40.5 Å². The average molecular weight is 490 g/mol. The molecule has 7 nitrogen and oxygen atoms in total. The Morgan fingerprint density at radius 2 is 1.67 bits per heavy atom. The quantitative estimate of drug-likeness (QED) is 0.425. The number of aromatic carboxylic acids is 1. The monoisotopic (exact) mass is 489 g/mol. The van der Waals surface area contributed by atoms with Gasteiger partial charge < -0.3 is 20.6 Å². The smallest absolute Gasteiger partial charge is 0.335 e. The van der Waals surface area contributed by atoms with Gasteiger partial charge in [0.2, 0.25) is 5.91 Å².